The third-order valence-corrected chi connectivity index (χ3v) is 15.5. The molecule has 5 unspecified atom stereocenters. The van der Waals surface area contributed by atoms with Gasteiger partial charge in [-0.1, -0.05) is 73.2 Å². The van der Waals surface area contributed by atoms with Crippen LogP contribution in [0.3, 0.4) is 0 Å². The summed E-state index contributed by atoms with van der Waals surface area (Å²) in [6.45, 7) is 6.37. The predicted molar refractivity (Wildman–Crippen MR) is 227 cm³/mol. The molecule has 0 amide bonds. The lowest BCUT2D eigenvalue weighted by atomic mass is 9.49. The number of aliphatic hydroxyl groups excluding tert-OH is 2. The van der Waals surface area contributed by atoms with Crippen LogP contribution in [0.25, 0.3) is 0 Å². The number of fused-ring (bicyclic) bond motifs is 8. The number of hydrogen-bond donors (Lipinski definition) is 3. The van der Waals surface area contributed by atoms with Crippen LogP contribution >= 0.6 is 0 Å². The van der Waals surface area contributed by atoms with Gasteiger partial charge >= 0.3 is 6.18 Å². The van der Waals surface area contributed by atoms with E-state index in [0.29, 0.717) is 70.2 Å². The van der Waals surface area contributed by atoms with Crippen LogP contribution in [-0.4, -0.2) is 70.1 Å². The lowest BCUT2D eigenvalue weighted by Crippen LogP contribution is -2.57. The van der Waals surface area contributed by atoms with Crippen molar-refractivity contribution < 1.29 is 38.0 Å². The first-order valence-corrected chi connectivity index (χ1v) is 22.5. The first kappa shape index (κ1) is 43.3. The molecule has 0 aliphatic heterocycles. The maximum atomic E-state index is 14.5. The Balaban J connectivity index is 1.13. The second-order valence-corrected chi connectivity index (χ2v) is 20.1. The number of aliphatic hydroxyl groups is 3. The number of ether oxygens (including phenoxy) is 1. The third-order valence-electron chi connectivity index (χ3n) is 15.5. The number of benzene rings is 3. The van der Waals surface area contributed by atoms with Crippen LogP contribution in [0.5, 0.6) is 0 Å². The fourth-order valence-electron chi connectivity index (χ4n) is 12.9. The first-order chi connectivity index (χ1) is 28.6. The zero-order valence-corrected chi connectivity index (χ0v) is 35.4. The highest BCUT2D eigenvalue weighted by Gasteiger charge is 2.58. The Morgan fingerprint density at radius 3 is 2.33 bits per heavy atom. The van der Waals surface area contributed by atoms with E-state index < -0.39 is 40.7 Å². The Morgan fingerprint density at radius 2 is 1.63 bits per heavy atom. The molecule has 6 bridgehead atoms. The standard InChI is InChI=1S/C51H64F3NO5/c1-34-8-7-18-48(2)46(44-16-14-36(23-42(56)15-13-34)24-45(44)47(58)40-11-6-12-41(25-40)51(52,53)54)17-19-50(48,59)33-55(29-43(57)31-60-30-35-9-4-3-5-10-35)32-49-26-37-20-38(27-49)22-39(21-37)28-49/h3-6,8-12,14,16,24-25,37-39,42-43,46,56-57,59H,7,13,15,17-23,26-33H2,1-2H3. The monoisotopic (exact) mass is 827 g/mol. The lowest BCUT2D eigenvalue weighted by molar-refractivity contribution is -0.137. The van der Waals surface area contributed by atoms with Crippen LogP contribution in [-0.2, 0) is 23.9 Å². The van der Waals surface area contributed by atoms with Crippen LogP contribution in [0.15, 0.2) is 84.4 Å². The molecule has 0 aromatic heterocycles. The maximum absolute atomic E-state index is 14.5. The van der Waals surface area contributed by atoms with Gasteiger partial charge in [0.1, 0.15) is 0 Å². The molecule has 7 aliphatic carbocycles. The second kappa shape index (κ2) is 17.4. The van der Waals surface area contributed by atoms with Crippen molar-refractivity contribution >= 4 is 5.78 Å². The number of carbonyl (C=O) groups excluding carboxylic acids is 1. The molecular formula is C51H64F3NO5. The molecule has 5 atom stereocenters. The van der Waals surface area contributed by atoms with Gasteiger partial charge in [0.05, 0.1) is 36.6 Å². The highest BCUT2D eigenvalue weighted by molar-refractivity contribution is 6.10. The van der Waals surface area contributed by atoms with Gasteiger partial charge in [0.25, 0.3) is 0 Å². The maximum Gasteiger partial charge on any atom is 0.416 e. The molecule has 5 saturated carbocycles. The molecule has 3 aromatic rings. The summed E-state index contributed by atoms with van der Waals surface area (Å²) < 4.78 is 47.7. The molecule has 3 aromatic carbocycles. The highest BCUT2D eigenvalue weighted by Crippen LogP contribution is 2.62. The van der Waals surface area contributed by atoms with Crippen molar-refractivity contribution in [3.8, 4) is 0 Å². The number of ketones is 1. The normalized spacial score (nSPS) is 32.1. The van der Waals surface area contributed by atoms with Crippen LogP contribution in [0.4, 0.5) is 13.2 Å². The average molecular weight is 828 g/mol. The van der Waals surface area contributed by atoms with Gasteiger partial charge in [0, 0.05) is 36.2 Å². The van der Waals surface area contributed by atoms with E-state index in [-0.39, 0.29) is 23.5 Å². The number of carbonyl (C=O) groups is 1. The molecular weight excluding hydrogens is 764 g/mol. The minimum absolute atomic E-state index is 0.0383. The van der Waals surface area contributed by atoms with Crippen LogP contribution in [0, 0.1) is 28.6 Å². The molecule has 0 radical (unpaired) electrons. The number of hydrogen-bond acceptors (Lipinski definition) is 6. The molecule has 3 N–H and O–H groups in total. The number of nitrogens with zero attached hydrogens (tertiary/aromatic N) is 1. The fourth-order valence-corrected chi connectivity index (χ4v) is 12.9. The minimum atomic E-state index is -4.60. The van der Waals surface area contributed by atoms with Gasteiger partial charge in [-0.3, -0.25) is 9.69 Å². The Hall–Kier alpha value is -3.34. The molecule has 0 saturated heterocycles. The minimum Gasteiger partial charge on any atom is -0.393 e. The summed E-state index contributed by atoms with van der Waals surface area (Å²) in [6.07, 6.45) is 7.74. The molecule has 324 valence electrons. The summed E-state index contributed by atoms with van der Waals surface area (Å²) in [7, 11) is 0. The predicted octanol–water partition coefficient (Wildman–Crippen LogP) is 10.1. The van der Waals surface area contributed by atoms with E-state index in [2.05, 4.69) is 24.8 Å². The highest BCUT2D eigenvalue weighted by atomic mass is 19.4. The van der Waals surface area contributed by atoms with Gasteiger partial charge < -0.3 is 20.1 Å². The second-order valence-electron chi connectivity index (χ2n) is 20.1. The fraction of sp³-hybridized carbons (Fsp3) is 0.588. The topological polar surface area (TPSA) is 90.2 Å². The summed E-state index contributed by atoms with van der Waals surface area (Å²) in [4.78, 5) is 16.9. The van der Waals surface area contributed by atoms with Crippen LogP contribution < -0.4 is 0 Å². The molecule has 0 spiro atoms. The smallest absolute Gasteiger partial charge is 0.393 e. The van der Waals surface area contributed by atoms with Crippen LogP contribution in [0.2, 0.25) is 0 Å². The Labute approximate surface area is 354 Å². The van der Waals surface area contributed by atoms with Crippen molar-refractivity contribution in [2.45, 2.75) is 134 Å². The Bertz CT molecular complexity index is 1980. The van der Waals surface area contributed by atoms with Crippen molar-refractivity contribution in [2.75, 3.05) is 26.2 Å². The third kappa shape index (κ3) is 9.36. The van der Waals surface area contributed by atoms with E-state index in [4.69, 9.17) is 4.74 Å². The van der Waals surface area contributed by atoms with E-state index in [1.807, 2.05) is 42.5 Å². The van der Waals surface area contributed by atoms with E-state index in [1.54, 1.807) is 6.07 Å². The van der Waals surface area contributed by atoms with Gasteiger partial charge in [0.15, 0.2) is 5.78 Å². The van der Waals surface area contributed by atoms with Gasteiger partial charge in [-0.15, -0.1) is 0 Å². The summed E-state index contributed by atoms with van der Waals surface area (Å²) in [5.41, 5.74) is 1.35. The average Bonchev–Trinajstić information content (AvgIpc) is 3.44. The Kier molecular flexibility index (Phi) is 12.6. The van der Waals surface area contributed by atoms with E-state index in [1.165, 1.54) is 56.2 Å². The number of halogens is 3. The summed E-state index contributed by atoms with van der Waals surface area (Å²) >= 11 is 0. The van der Waals surface area contributed by atoms with Crippen molar-refractivity contribution in [1.29, 1.82) is 0 Å². The molecule has 60 heavy (non-hydrogen) atoms. The largest absolute Gasteiger partial charge is 0.416 e. The van der Waals surface area contributed by atoms with Gasteiger partial charge in [-0.25, -0.2) is 0 Å². The molecule has 6 nitrogen and oxygen atoms in total. The number of alkyl halides is 3. The van der Waals surface area contributed by atoms with Crippen molar-refractivity contribution in [3.05, 3.63) is 118 Å². The van der Waals surface area contributed by atoms with Gasteiger partial charge in [0.2, 0.25) is 0 Å². The van der Waals surface area contributed by atoms with Crippen LogP contribution in [0.1, 0.15) is 135 Å². The van der Waals surface area contributed by atoms with Crippen molar-refractivity contribution in [2.24, 2.45) is 28.6 Å². The zero-order chi connectivity index (χ0) is 42.3. The number of allylic oxidation sites excluding steroid dienone is 2. The SMILES string of the molecule is CC1=CCCC2(C)C(CCC2(O)CN(CC(O)COCc2ccccc2)CC23CC4CC(CC(C4)C2)C3)c2ccc(cc2C(=O)c2cccc(C(F)(F)F)c2)CC(O)CC1. The van der Waals surface area contributed by atoms with Crippen molar-refractivity contribution in [3.63, 3.8) is 0 Å². The van der Waals surface area contributed by atoms with E-state index in [0.717, 1.165) is 53.1 Å². The lowest BCUT2D eigenvalue weighted by Gasteiger charge is -2.58. The quantitative estimate of drug-likeness (QED) is 0.125. The first-order valence-electron chi connectivity index (χ1n) is 22.5. The molecule has 5 fully saturated rings. The molecule has 7 aliphatic rings. The van der Waals surface area contributed by atoms with E-state index in [9.17, 15) is 33.3 Å². The molecule has 10 rings (SSSR count). The van der Waals surface area contributed by atoms with E-state index >= 15 is 0 Å². The van der Waals surface area contributed by atoms with Crippen molar-refractivity contribution in [1.82, 2.24) is 4.90 Å². The van der Waals surface area contributed by atoms with Gasteiger partial charge in [-0.2, -0.15) is 13.2 Å². The summed E-state index contributed by atoms with van der Waals surface area (Å²) in [5.74, 6) is 1.49. The van der Waals surface area contributed by atoms with Gasteiger partial charge in [-0.05, 0) is 154 Å². The summed E-state index contributed by atoms with van der Waals surface area (Å²) in [5, 5.41) is 36.0. The molecule has 9 heteroatoms. The Morgan fingerprint density at radius 1 is 0.917 bits per heavy atom. The summed E-state index contributed by atoms with van der Waals surface area (Å²) in [6, 6.07) is 20.2. The zero-order valence-electron chi connectivity index (χ0n) is 35.4. The number of rotatable bonds is 12. The molecule has 0 heterocycles.